The molecule has 1 saturated carbocycles. The molecule has 0 aliphatic heterocycles. The second-order valence-corrected chi connectivity index (χ2v) is 10.1. The van der Waals surface area contributed by atoms with Crippen molar-refractivity contribution in [2.24, 2.45) is 11.7 Å². The standard InChI is InChI=1S/C15H24N2O4S2.ClH/c1-22(18,19)11-12-6-8-14(9-7-12)23(20,21)17-15-5-3-2-4-13(15)10-16;/h6-9,13,15,17H,2-5,10-11,16H2,1H3;1H. The molecule has 24 heavy (non-hydrogen) atoms. The molecule has 0 bridgehead atoms. The van der Waals surface area contributed by atoms with Gasteiger partial charge in [-0.3, -0.25) is 0 Å². The lowest BCUT2D eigenvalue weighted by Crippen LogP contribution is -2.44. The zero-order valence-electron chi connectivity index (χ0n) is 13.6. The third-order valence-corrected chi connectivity index (χ3v) is 6.54. The van der Waals surface area contributed by atoms with E-state index >= 15 is 0 Å². The Bertz CT molecular complexity index is 733. The van der Waals surface area contributed by atoms with Gasteiger partial charge in [0.05, 0.1) is 10.6 Å². The average molecular weight is 397 g/mol. The van der Waals surface area contributed by atoms with E-state index in [0.717, 1.165) is 31.9 Å². The summed E-state index contributed by atoms with van der Waals surface area (Å²) >= 11 is 0. The van der Waals surface area contributed by atoms with E-state index in [1.165, 1.54) is 24.3 Å². The lowest BCUT2D eigenvalue weighted by Gasteiger charge is -2.31. The summed E-state index contributed by atoms with van der Waals surface area (Å²) in [4.78, 5) is 0.149. The van der Waals surface area contributed by atoms with Gasteiger partial charge in [0.1, 0.15) is 0 Å². The molecule has 1 aromatic rings. The quantitative estimate of drug-likeness (QED) is 0.756. The Morgan fingerprint density at radius 1 is 1.08 bits per heavy atom. The third-order valence-electron chi connectivity index (χ3n) is 4.18. The van der Waals surface area contributed by atoms with Gasteiger partial charge in [0.25, 0.3) is 0 Å². The van der Waals surface area contributed by atoms with Crippen LogP contribution in [0.5, 0.6) is 0 Å². The summed E-state index contributed by atoms with van der Waals surface area (Å²) in [6.45, 7) is 0.473. The molecule has 2 atom stereocenters. The number of benzene rings is 1. The molecule has 0 amide bonds. The van der Waals surface area contributed by atoms with E-state index in [4.69, 9.17) is 5.73 Å². The highest BCUT2D eigenvalue weighted by molar-refractivity contribution is 7.90. The van der Waals surface area contributed by atoms with Gasteiger partial charge in [-0.25, -0.2) is 21.6 Å². The number of sulfone groups is 1. The molecule has 138 valence electrons. The number of rotatable bonds is 6. The van der Waals surface area contributed by atoms with Crippen LogP contribution in [0.4, 0.5) is 0 Å². The predicted molar refractivity (Wildman–Crippen MR) is 97.4 cm³/mol. The fourth-order valence-electron chi connectivity index (χ4n) is 2.98. The first-order valence-electron chi connectivity index (χ1n) is 7.70. The minimum absolute atomic E-state index is 0. The highest BCUT2D eigenvalue weighted by Gasteiger charge is 2.28. The number of nitrogens with two attached hydrogens (primary N) is 1. The van der Waals surface area contributed by atoms with E-state index in [2.05, 4.69) is 4.72 Å². The van der Waals surface area contributed by atoms with Gasteiger partial charge < -0.3 is 5.73 Å². The maximum Gasteiger partial charge on any atom is 0.240 e. The van der Waals surface area contributed by atoms with Crippen LogP contribution in [0.2, 0.25) is 0 Å². The van der Waals surface area contributed by atoms with Gasteiger partial charge in [0.2, 0.25) is 10.0 Å². The van der Waals surface area contributed by atoms with E-state index < -0.39 is 19.9 Å². The van der Waals surface area contributed by atoms with Gasteiger partial charge in [-0.1, -0.05) is 25.0 Å². The van der Waals surface area contributed by atoms with Gasteiger partial charge in [-0.15, -0.1) is 12.4 Å². The molecule has 1 aliphatic carbocycles. The molecule has 0 spiro atoms. The number of halogens is 1. The Balaban J connectivity index is 0.00000288. The van der Waals surface area contributed by atoms with Crippen molar-refractivity contribution in [2.45, 2.75) is 42.4 Å². The Hall–Kier alpha value is -0.670. The largest absolute Gasteiger partial charge is 0.330 e. The van der Waals surface area contributed by atoms with E-state index in [9.17, 15) is 16.8 Å². The summed E-state index contributed by atoms with van der Waals surface area (Å²) in [5.74, 6) is 0.0709. The van der Waals surface area contributed by atoms with Crippen molar-refractivity contribution in [3.05, 3.63) is 29.8 Å². The van der Waals surface area contributed by atoms with Crippen molar-refractivity contribution in [1.82, 2.24) is 4.72 Å². The Morgan fingerprint density at radius 2 is 1.67 bits per heavy atom. The van der Waals surface area contributed by atoms with Gasteiger partial charge in [0.15, 0.2) is 9.84 Å². The predicted octanol–water partition coefficient (Wildman–Crippen LogP) is 1.45. The second kappa shape index (κ2) is 8.62. The number of nitrogens with one attached hydrogen (secondary N) is 1. The van der Waals surface area contributed by atoms with Crippen molar-refractivity contribution in [3.8, 4) is 0 Å². The summed E-state index contributed by atoms with van der Waals surface area (Å²) in [5.41, 5.74) is 6.31. The van der Waals surface area contributed by atoms with Crippen molar-refractivity contribution in [1.29, 1.82) is 0 Å². The molecule has 9 heteroatoms. The molecule has 0 aromatic heterocycles. The van der Waals surface area contributed by atoms with Crippen molar-refractivity contribution < 1.29 is 16.8 Å². The average Bonchev–Trinajstić information content (AvgIpc) is 2.46. The SMILES string of the molecule is CS(=O)(=O)Cc1ccc(S(=O)(=O)NC2CCCCC2CN)cc1.Cl. The molecule has 1 fully saturated rings. The van der Waals surface area contributed by atoms with Crippen LogP contribution in [-0.4, -0.2) is 35.7 Å². The highest BCUT2D eigenvalue weighted by Crippen LogP contribution is 2.25. The fourth-order valence-corrected chi connectivity index (χ4v) is 5.12. The van der Waals surface area contributed by atoms with Crippen LogP contribution in [0.1, 0.15) is 31.2 Å². The lowest BCUT2D eigenvalue weighted by atomic mass is 9.85. The normalized spacial score (nSPS) is 21.9. The Kier molecular flexibility index (Phi) is 7.68. The highest BCUT2D eigenvalue weighted by atomic mass is 35.5. The van der Waals surface area contributed by atoms with Gasteiger partial charge >= 0.3 is 0 Å². The second-order valence-electron chi connectivity index (χ2n) is 6.22. The van der Waals surface area contributed by atoms with Crippen LogP contribution >= 0.6 is 12.4 Å². The van der Waals surface area contributed by atoms with Crippen molar-refractivity contribution in [3.63, 3.8) is 0 Å². The smallest absolute Gasteiger partial charge is 0.240 e. The zero-order valence-corrected chi connectivity index (χ0v) is 16.1. The molecule has 0 saturated heterocycles. The van der Waals surface area contributed by atoms with Gasteiger partial charge in [0, 0.05) is 12.3 Å². The van der Waals surface area contributed by atoms with E-state index in [-0.39, 0.29) is 35.0 Å². The summed E-state index contributed by atoms with van der Waals surface area (Å²) < 4.78 is 50.3. The van der Waals surface area contributed by atoms with Crippen molar-refractivity contribution in [2.75, 3.05) is 12.8 Å². The topological polar surface area (TPSA) is 106 Å². The summed E-state index contributed by atoms with van der Waals surface area (Å²) in [6, 6.07) is 5.84. The molecule has 1 aliphatic rings. The first-order chi connectivity index (χ1) is 10.7. The maximum absolute atomic E-state index is 12.5. The Labute approximate surface area is 150 Å². The van der Waals surface area contributed by atoms with Crippen LogP contribution < -0.4 is 10.5 Å². The molecule has 0 radical (unpaired) electrons. The minimum Gasteiger partial charge on any atom is -0.330 e. The summed E-state index contributed by atoms with van der Waals surface area (Å²) in [7, 11) is -6.76. The molecule has 0 heterocycles. The van der Waals surface area contributed by atoms with Crippen LogP contribution in [0.25, 0.3) is 0 Å². The van der Waals surface area contributed by atoms with E-state index in [0.29, 0.717) is 12.1 Å². The van der Waals surface area contributed by atoms with Crippen LogP contribution in [-0.2, 0) is 25.6 Å². The summed E-state index contributed by atoms with van der Waals surface area (Å²) in [5, 5.41) is 0. The van der Waals surface area contributed by atoms with Crippen molar-refractivity contribution >= 4 is 32.3 Å². The van der Waals surface area contributed by atoms with Crippen LogP contribution in [0, 0.1) is 5.92 Å². The van der Waals surface area contributed by atoms with Gasteiger partial charge in [-0.05, 0) is 43.0 Å². The maximum atomic E-state index is 12.5. The summed E-state index contributed by atoms with van der Waals surface area (Å²) in [6.07, 6.45) is 4.97. The van der Waals surface area contributed by atoms with E-state index in [1.807, 2.05) is 0 Å². The number of sulfonamides is 1. The third kappa shape index (κ3) is 6.00. The lowest BCUT2D eigenvalue weighted by molar-refractivity contribution is 0.296. The Morgan fingerprint density at radius 3 is 2.21 bits per heavy atom. The number of hydrogen-bond donors (Lipinski definition) is 2. The van der Waals surface area contributed by atoms with Crippen LogP contribution in [0.3, 0.4) is 0 Å². The molecule has 6 nitrogen and oxygen atoms in total. The zero-order chi connectivity index (χ0) is 17.1. The monoisotopic (exact) mass is 396 g/mol. The molecule has 2 unspecified atom stereocenters. The van der Waals surface area contributed by atoms with E-state index in [1.54, 1.807) is 0 Å². The molecular weight excluding hydrogens is 372 g/mol. The first-order valence-corrected chi connectivity index (χ1v) is 11.2. The fraction of sp³-hybridized carbons (Fsp3) is 0.600. The van der Waals surface area contributed by atoms with Crippen LogP contribution in [0.15, 0.2) is 29.2 Å². The molecular formula is C15H25ClN2O4S2. The molecule has 1 aromatic carbocycles. The first kappa shape index (κ1) is 21.4. The number of hydrogen-bond acceptors (Lipinski definition) is 5. The molecule has 2 rings (SSSR count). The minimum atomic E-state index is -3.62. The van der Waals surface area contributed by atoms with Gasteiger partial charge in [-0.2, -0.15) is 0 Å². The molecule has 3 N–H and O–H groups in total.